The van der Waals surface area contributed by atoms with Crippen molar-refractivity contribution in [1.82, 2.24) is 51.9 Å². The van der Waals surface area contributed by atoms with Crippen molar-refractivity contribution in [2.45, 2.75) is 214 Å². The maximum atomic E-state index is 15.0. The number of methoxy groups -OCH3 is 1. The lowest BCUT2D eigenvalue weighted by Crippen LogP contribution is -2.64. The van der Waals surface area contributed by atoms with Gasteiger partial charge in [-0.05, 0) is 138 Å². The van der Waals surface area contributed by atoms with E-state index in [0.29, 0.717) is 18.8 Å². The van der Waals surface area contributed by atoms with Crippen LogP contribution in [0.5, 0.6) is 11.5 Å². The van der Waals surface area contributed by atoms with Crippen molar-refractivity contribution in [2.75, 3.05) is 64.5 Å². The van der Waals surface area contributed by atoms with E-state index in [-0.39, 0.29) is 36.1 Å². The van der Waals surface area contributed by atoms with Crippen LogP contribution in [-0.2, 0) is 50.3 Å². The highest BCUT2D eigenvalue weighted by atomic mass is 32.3. The minimum atomic E-state index is -5.23. The molecule has 31 nitrogen and oxygen atoms in total. The predicted octanol–water partition coefficient (Wildman–Crippen LogP) is -1.54. The summed E-state index contributed by atoms with van der Waals surface area (Å²) in [7, 11) is -3.35. The number of rotatable bonds is 21. The third-order valence-electron chi connectivity index (χ3n) is 21.0. The maximum Gasteiger partial charge on any atom is 0.446 e. The van der Waals surface area contributed by atoms with Crippen molar-refractivity contribution >= 4 is 62.9 Å². The Morgan fingerprint density at radius 3 is 2.06 bits per heavy atom. The first-order valence-electron chi connectivity index (χ1n) is 34.4. The minimum Gasteiger partial charge on any atom is -0.504 e. The van der Waals surface area contributed by atoms with E-state index < -0.39 is 200 Å². The van der Waals surface area contributed by atoms with Crippen LogP contribution in [0, 0.1) is 17.8 Å². The average Bonchev–Trinajstić information content (AvgIpc) is 1.77. The third-order valence-corrected chi connectivity index (χ3v) is 22.5. The Hall–Kier alpha value is -6.31. The number of benzene rings is 2. The number of carbonyl (C=O) groups excluding carboxylic acids is 6. The number of aromatic hydroxyl groups is 1. The largest absolute Gasteiger partial charge is 0.504 e. The van der Waals surface area contributed by atoms with Crippen molar-refractivity contribution in [2.24, 2.45) is 17.8 Å². The van der Waals surface area contributed by atoms with E-state index in [1.54, 1.807) is 11.3 Å². The van der Waals surface area contributed by atoms with Crippen LogP contribution >= 0.6 is 11.3 Å². The molecule has 4 saturated heterocycles. The van der Waals surface area contributed by atoms with Crippen molar-refractivity contribution in [1.29, 1.82) is 0 Å². The first-order valence-corrected chi connectivity index (χ1v) is 36.6. The lowest BCUT2D eigenvalue weighted by Gasteiger charge is -2.47. The zero-order chi connectivity index (χ0) is 71.6. The molecule has 14 atom stereocenters. The molecule has 6 amide bonds. The second-order valence-electron chi connectivity index (χ2n) is 27.8. The number of aliphatic hydroxyl groups excluding tert-OH is 8. The fourth-order valence-corrected chi connectivity index (χ4v) is 16.5. The molecule has 0 bridgehead atoms. The highest BCUT2D eigenvalue weighted by Crippen LogP contribution is 2.44. The number of hydrogen-bond acceptors (Lipinski definition) is 25. The summed E-state index contributed by atoms with van der Waals surface area (Å²) in [6.07, 6.45) is -1.11. The van der Waals surface area contributed by atoms with Crippen LogP contribution in [-0.4, -0.2) is 265 Å². The van der Waals surface area contributed by atoms with Gasteiger partial charge in [0.15, 0.2) is 11.5 Å². The van der Waals surface area contributed by atoms with E-state index in [2.05, 4.69) is 75.4 Å². The minimum absolute atomic E-state index is 0.0330. The van der Waals surface area contributed by atoms with Gasteiger partial charge in [0.1, 0.15) is 40.2 Å². The maximum absolute atomic E-state index is 15.0. The number of phenolic OH excluding ortho intramolecular Hbond substituents is 1. The standard InChI is InChI=1S/C66H99N11O20S2/c1-35-31-77-56(57(35)86)61(90)68-30-45(81)28-47(69-36(2)39-11-13-40(14-12-39)62-73-74-63(98-62)41-15-17-44(18-16-41)75-24-21-66(96-4,22-25-75)42-8-6-5-7-9-42)58(87)70-53(37(3)80)64(91)76-32-46(82)29-48(76)59(88)71-54(51(85)26-38-10-19-49(83)52(27-38)97-99(93,94)95)60(89)72-55(65(77)92)50(84)20-23-67-43(33-78)34-79/h10,15-19,27,35-37,39-40,42-43,45-48,50-51,53-57,67,69,78-86H,5-9,11-14,20-26,28-34H2,1-4H3,(H,68,90)(H,70,87)(H,71,88)(H,72,89)(H,93,94,95)/t35-,36?,37+,39-,40-,45+,46+,47-,48-,50+,51+,53-,54-,55-,56-,57-/m0/s1. The van der Waals surface area contributed by atoms with Crippen LogP contribution in [0.25, 0.3) is 10.6 Å². The number of aromatic nitrogens is 2. The molecule has 16 N–H and O–H groups in total. The number of phenols is 1. The van der Waals surface area contributed by atoms with Gasteiger partial charge in [-0.1, -0.05) is 43.6 Å². The molecule has 1 aromatic heterocycles. The summed E-state index contributed by atoms with van der Waals surface area (Å²) in [5, 5.41) is 126. The molecule has 6 aliphatic rings. The number of piperidine rings is 1. The highest BCUT2D eigenvalue weighted by molar-refractivity contribution is 7.81. The Morgan fingerprint density at radius 1 is 0.758 bits per heavy atom. The van der Waals surface area contributed by atoms with Gasteiger partial charge in [-0.15, -0.1) is 10.2 Å². The van der Waals surface area contributed by atoms with E-state index >= 15 is 4.79 Å². The number of nitrogens with zero attached hydrogens (tertiary/aromatic N) is 5. The number of anilines is 1. The summed E-state index contributed by atoms with van der Waals surface area (Å²) in [4.78, 5) is 92.8. The molecule has 550 valence electrons. The lowest BCUT2D eigenvalue weighted by molar-refractivity contribution is -0.147. The summed E-state index contributed by atoms with van der Waals surface area (Å²) >= 11 is 1.55. The lowest BCUT2D eigenvalue weighted by atomic mass is 9.72. The van der Waals surface area contributed by atoms with Gasteiger partial charge in [0.2, 0.25) is 35.4 Å². The summed E-state index contributed by atoms with van der Waals surface area (Å²) in [5.74, 6) is -8.47. The Kier molecular flexibility index (Phi) is 26.5. The normalized spacial score (nSPS) is 29.5. The molecule has 3 aromatic rings. The van der Waals surface area contributed by atoms with E-state index in [4.69, 9.17) is 4.74 Å². The van der Waals surface area contributed by atoms with Crippen LogP contribution in [0.1, 0.15) is 127 Å². The first kappa shape index (κ1) is 76.9. The van der Waals surface area contributed by atoms with Gasteiger partial charge in [0.25, 0.3) is 0 Å². The molecule has 2 aromatic carbocycles. The number of fused-ring (bicyclic) bond motifs is 2. The summed E-state index contributed by atoms with van der Waals surface area (Å²) in [6, 6.07) is -0.787. The summed E-state index contributed by atoms with van der Waals surface area (Å²) in [6.45, 7) is 3.69. The quantitative estimate of drug-likeness (QED) is 0.0538. The van der Waals surface area contributed by atoms with E-state index in [9.17, 15) is 82.9 Å². The second-order valence-corrected chi connectivity index (χ2v) is 29.8. The monoisotopic (exact) mass is 1430 g/mol. The molecule has 0 radical (unpaired) electrons. The van der Waals surface area contributed by atoms with Crippen LogP contribution < -0.4 is 41.0 Å². The molecule has 2 aliphatic carbocycles. The van der Waals surface area contributed by atoms with Gasteiger partial charge in [0.05, 0.1) is 67.5 Å². The van der Waals surface area contributed by atoms with E-state index in [0.717, 1.165) is 88.0 Å². The SMILES string of the molecule is COC1(C2CCCCC2)CCN(c2ccc(-c3nnc([C@H]4CC[C@H](C(C)N[C@H]5C[C@@H](O)CNC(=O)[C@@H]6[C@@H](O)[C@@H](C)CN6C(=O)[C@H]([C@H](O)CCNC(CO)CO)NC(=O)[C@H]([C@H](O)Cc6ccc(O)c(OS(=O)(=O)O)c6)NC(=O)[C@@H]6C[C@@H](O)CN6C(=O)[C@H]([C@@H](C)O)NC5=O)CC4)s3)cc2)CC1. The fourth-order valence-electron chi connectivity index (χ4n) is 15.2. The molecule has 4 aliphatic heterocycles. The van der Waals surface area contributed by atoms with Crippen molar-refractivity contribution in [3.05, 3.63) is 53.0 Å². The molecule has 33 heteroatoms. The number of carbonyl (C=O) groups is 6. The fraction of sp³-hybridized carbons (Fsp3) is 0.697. The number of nitrogens with one attached hydrogen (secondary N) is 6. The number of amides is 6. The van der Waals surface area contributed by atoms with Gasteiger partial charge < -0.3 is 101 Å². The molecule has 99 heavy (non-hydrogen) atoms. The van der Waals surface area contributed by atoms with Gasteiger partial charge in [-0.2, -0.15) is 8.42 Å². The molecular weight excluding hydrogens is 1330 g/mol. The Labute approximate surface area is 579 Å². The van der Waals surface area contributed by atoms with Crippen LogP contribution in [0.4, 0.5) is 5.69 Å². The Bertz CT molecular complexity index is 3350. The Morgan fingerprint density at radius 2 is 1.41 bits per heavy atom. The number of β-amino-alcohol motifs (C(OH)–C–C–N with tert-alkyl or cyclic N) is 1. The molecular formula is C66H99N11O20S2. The van der Waals surface area contributed by atoms with Crippen LogP contribution in [0.15, 0.2) is 42.5 Å². The van der Waals surface area contributed by atoms with Gasteiger partial charge in [-0.25, -0.2) is 0 Å². The number of aliphatic hydroxyl groups is 8. The smallest absolute Gasteiger partial charge is 0.446 e. The third kappa shape index (κ3) is 19.1. The zero-order valence-electron chi connectivity index (χ0n) is 56.3. The van der Waals surface area contributed by atoms with Gasteiger partial charge >= 0.3 is 10.4 Å². The molecule has 2 saturated carbocycles. The summed E-state index contributed by atoms with van der Waals surface area (Å²) in [5.41, 5.74) is 1.98. The van der Waals surface area contributed by atoms with Gasteiger partial charge in [0, 0.05) is 81.8 Å². The molecule has 5 heterocycles. The van der Waals surface area contributed by atoms with E-state index in [1.165, 1.54) is 46.0 Å². The van der Waals surface area contributed by atoms with Gasteiger partial charge in [-0.3, -0.25) is 33.3 Å². The Balaban J connectivity index is 0.941. The molecule has 1 unspecified atom stereocenters. The highest BCUT2D eigenvalue weighted by Gasteiger charge is 2.50. The van der Waals surface area contributed by atoms with E-state index in [1.807, 2.05) is 14.0 Å². The summed E-state index contributed by atoms with van der Waals surface area (Å²) < 4.78 is 43.4. The second kappa shape index (κ2) is 34.1. The zero-order valence-corrected chi connectivity index (χ0v) is 57.9. The van der Waals surface area contributed by atoms with Crippen molar-refractivity contribution in [3.8, 4) is 22.1 Å². The molecule has 6 fully saturated rings. The molecule has 0 spiro atoms. The predicted molar refractivity (Wildman–Crippen MR) is 359 cm³/mol. The first-order chi connectivity index (χ1) is 47.1. The van der Waals surface area contributed by atoms with Crippen molar-refractivity contribution in [3.63, 3.8) is 0 Å². The van der Waals surface area contributed by atoms with Crippen molar-refractivity contribution < 1.29 is 96.6 Å². The topological polar surface area (TPSA) is 465 Å². The van der Waals surface area contributed by atoms with Crippen LogP contribution in [0.2, 0.25) is 0 Å². The number of ether oxygens (including phenoxy) is 1. The molecule has 9 rings (SSSR count). The average molecular weight is 1430 g/mol. The van der Waals surface area contributed by atoms with Crippen LogP contribution in [0.3, 0.4) is 0 Å². The number of hydrogen-bond donors (Lipinski definition) is 16.